The van der Waals surface area contributed by atoms with Gasteiger partial charge in [-0.05, 0) is 41.7 Å². The zero-order valence-corrected chi connectivity index (χ0v) is 18.6. The summed E-state index contributed by atoms with van der Waals surface area (Å²) in [5, 5.41) is 0. The maximum absolute atomic E-state index is 14.9. The molecule has 0 saturated carbocycles. The summed E-state index contributed by atoms with van der Waals surface area (Å²) in [5.74, 6) is -0.878. The van der Waals surface area contributed by atoms with Crippen molar-refractivity contribution in [3.63, 3.8) is 0 Å². The van der Waals surface area contributed by atoms with Crippen molar-refractivity contribution < 1.29 is 13.5 Å². The molecule has 0 N–H and O–H groups in total. The molecule has 3 aromatic rings. The lowest BCUT2D eigenvalue weighted by atomic mass is 9.97. The van der Waals surface area contributed by atoms with Crippen LogP contribution in [0.25, 0.3) is 22.3 Å². The van der Waals surface area contributed by atoms with Gasteiger partial charge in [-0.15, -0.1) is 0 Å². The number of halogens is 2. The zero-order chi connectivity index (χ0) is 22.1. The largest absolute Gasteiger partial charge is 0.494 e. The van der Waals surface area contributed by atoms with Crippen LogP contribution >= 0.6 is 0 Å². The van der Waals surface area contributed by atoms with E-state index in [0.717, 1.165) is 25.0 Å². The first-order valence-electron chi connectivity index (χ1n) is 11.4. The molecule has 0 bridgehead atoms. The van der Waals surface area contributed by atoms with E-state index in [4.69, 9.17) is 4.74 Å². The Balaban J connectivity index is 1.68. The third-order valence-electron chi connectivity index (χ3n) is 5.57. The van der Waals surface area contributed by atoms with Crippen LogP contribution in [0.5, 0.6) is 5.75 Å². The fourth-order valence-corrected chi connectivity index (χ4v) is 3.76. The summed E-state index contributed by atoms with van der Waals surface area (Å²) in [6.07, 6.45) is 7.97. The number of aryl methyl sites for hydroxylation is 1. The second-order valence-electron chi connectivity index (χ2n) is 8.02. The Hall–Kier alpha value is -2.68. The average Bonchev–Trinajstić information content (AvgIpc) is 2.79. The number of hydrogen-bond acceptors (Lipinski definition) is 1. The van der Waals surface area contributed by atoms with Crippen molar-refractivity contribution in [2.24, 2.45) is 0 Å². The van der Waals surface area contributed by atoms with Gasteiger partial charge in [-0.1, -0.05) is 94.5 Å². The fraction of sp³-hybridized carbons (Fsp3) is 0.357. The molecule has 0 fully saturated rings. The Kier molecular flexibility index (Phi) is 8.63. The number of ether oxygens (including phenoxy) is 1. The topological polar surface area (TPSA) is 9.23 Å². The molecule has 0 heterocycles. The van der Waals surface area contributed by atoms with Gasteiger partial charge < -0.3 is 4.74 Å². The highest BCUT2D eigenvalue weighted by Crippen LogP contribution is 2.32. The minimum atomic E-state index is -0.820. The molecule has 1 nitrogen and oxygen atoms in total. The molecule has 0 unspecified atom stereocenters. The van der Waals surface area contributed by atoms with Crippen LogP contribution in [0, 0.1) is 11.6 Å². The average molecular weight is 423 g/mol. The Bertz CT molecular complexity index is 946. The van der Waals surface area contributed by atoms with Crippen LogP contribution in [0.15, 0.2) is 60.7 Å². The maximum atomic E-state index is 14.9. The summed E-state index contributed by atoms with van der Waals surface area (Å²) in [4.78, 5) is 0. The Morgan fingerprint density at radius 2 is 1.16 bits per heavy atom. The number of unbranched alkanes of at least 4 members (excludes halogenated alkanes) is 4. The van der Waals surface area contributed by atoms with Gasteiger partial charge in [0.15, 0.2) is 11.6 Å². The Labute approximate surface area is 185 Å². The number of benzene rings is 3. The quantitative estimate of drug-likeness (QED) is 0.281. The van der Waals surface area contributed by atoms with E-state index < -0.39 is 11.6 Å². The lowest BCUT2D eigenvalue weighted by Crippen LogP contribution is -1.97. The number of hydrogen-bond donors (Lipinski definition) is 0. The van der Waals surface area contributed by atoms with Gasteiger partial charge in [0, 0.05) is 11.1 Å². The molecule has 0 radical (unpaired) electrons. The molecule has 3 aromatic carbocycles. The van der Waals surface area contributed by atoms with Crippen LogP contribution in [-0.4, -0.2) is 6.61 Å². The number of rotatable bonds is 11. The molecule has 3 heteroatoms. The fourth-order valence-electron chi connectivity index (χ4n) is 3.76. The summed E-state index contributed by atoms with van der Waals surface area (Å²) >= 11 is 0. The predicted octanol–water partition coefficient (Wildman–Crippen LogP) is 8.60. The standard InChI is InChI=1S/C28H32F2O/c1-3-5-6-7-8-20-31-24-16-14-23(15-17-24)26-19-18-25(27(29)28(26)30)22-12-10-21(9-4-2)11-13-22/h10-19H,3-9,20H2,1-2H3. The van der Waals surface area contributed by atoms with Crippen molar-refractivity contribution in [3.05, 3.63) is 77.9 Å². The first-order valence-corrected chi connectivity index (χ1v) is 11.4. The highest BCUT2D eigenvalue weighted by atomic mass is 19.2. The van der Waals surface area contributed by atoms with E-state index in [1.807, 2.05) is 36.4 Å². The molecule has 31 heavy (non-hydrogen) atoms. The predicted molar refractivity (Wildman–Crippen MR) is 125 cm³/mol. The minimum Gasteiger partial charge on any atom is -0.494 e. The third-order valence-corrected chi connectivity index (χ3v) is 5.57. The third kappa shape index (κ3) is 6.16. The van der Waals surface area contributed by atoms with Crippen LogP contribution in [0.4, 0.5) is 8.78 Å². The molecule has 0 aliphatic carbocycles. The lowest BCUT2D eigenvalue weighted by Gasteiger charge is -2.11. The van der Waals surface area contributed by atoms with Crippen LogP contribution < -0.4 is 4.74 Å². The van der Waals surface area contributed by atoms with E-state index in [1.165, 1.54) is 31.2 Å². The monoisotopic (exact) mass is 422 g/mol. The minimum absolute atomic E-state index is 0.259. The van der Waals surface area contributed by atoms with E-state index in [0.29, 0.717) is 17.7 Å². The second kappa shape index (κ2) is 11.6. The first kappa shape index (κ1) is 23.0. The van der Waals surface area contributed by atoms with Gasteiger partial charge in [-0.3, -0.25) is 0 Å². The molecule has 0 aromatic heterocycles. The van der Waals surface area contributed by atoms with E-state index in [2.05, 4.69) is 13.8 Å². The van der Waals surface area contributed by atoms with Gasteiger partial charge in [-0.25, -0.2) is 8.78 Å². The van der Waals surface area contributed by atoms with Crippen molar-refractivity contribution >= 4 is 0 Å². The highest BCUT2D eigenvalue weighted by molar-refractivity contribution is 5.72. The summed E-state index contributed by atoms with van der Waals surface area (Å²) < 4.78 is 35.5. The molecule has 0 aliphatic rings. The molecule has 0 saturated heterocycles. The van der Waals surface area contributed by atoms with E-state index >= 15 is 0 Å². The van der Waals surface area contributed by atoms with Crippen LogP contribution in [0.3, 0.4) is 0 Å². The zero-order valence-electron chi connectivity index (χ0n) is 18.6. The van der Waals surface area contributed by atoms with Gasteiger partial charge in [0.2, 0.25) is 0 Å². The molecule has 0 aliphatic heterocycles. The van der Waals surface area contributed by atoms with Crippen LogP contribution in [0.2, 0.25) is 0 Å². The van der Waals surface area contributed by atoms with E-state index in [1.54, 1.807) is 24.3 Å². The maximum Gasteiger partial charge on any atom is 0.167 e. The molecular formula is C28H32F2O. The van der Waals surface area contributed by atoms with E-state index in [-0.39, 0.29) is 11.1 Å². The normalized spacial score (nSPS) is 11.0. The highest BCUT2D eigenvalue weighted by Gasteiger charge is 2.16. The van der Waals surface area contributed by atoms with Crippen LogP contribution in [-0.2, 0) is 6.42 Å². The van der Waals surface area contributed by atoms with Gasteiger partial charge in [0.05, 0.1) is 6.61 Å². The van der Waals surface area contributed by atoms with Gasteiger partial charge >= 0.3 is 0 Å². The molecule has 0 atom stereocenters. The summed E-state index contributed by atoms with van der Waals surface area (Å²) in [7, 11) is 0. The molecular weight excluding hydrogens is 390 g/mol. The molecule has 0 spiro atoms. The van der Waals surface area contributed by atoms with Crippen molar-refractivity contribution in [1.29, 1.82) is 0 Å². The second-order valence-corrected chi connectivity index (χ2v) is 8.02. The van der Waals surface area contributed by atoms with E-state index in [9.17, 15) is 8.78 Å². The van der Waals surface area contributed by atoms with Crippen LogP contribution in [0.1, 0.15) is 57.9 Å². The van der Waals surface area contributed by atoms with Gasteiger partial charge in [0.25, 0.3) is 0 Å². The van der Waals surface area contributed by atoms with Gasteiger partial charge in [0.1, 0.15) is 5.75 Å². The summed E-state index contributed by atoms with van der Waals surface area (Å²) in [6.45, 7) is 5.00. The Morgan fingerprint density at radius 1 is 0.613 bits per heavy atom. The lowest BCUT2D eigenvalue weighted by molar-refractivity contribution is 0.304. The Morgan fingerprint density at radius 3 is 1.71 bits per heavy atom. The summed E-state index contributed by atoms with van der Waals surface area (Å²) in [5.41, 5.74) is 3.07. The first-order chi connectivity index (χ1) is 15.1. The van der Waals surface area contributed by atoms with Gasteiger partial charge in [-0.2, -0.15) is 0 Å². The van der Waals surface area contributed by atoms with Crippen molar-refractivity contribution in [3.8, 4) is 28.0 Å². The molecule has 164 valence electrons. The summed E-state index contributed by atoms with van der Waals surface area (Å²) in [6, 6.07) is 18.2. The molecule has 3 rings (SSSR count). The van der Waals surface area contributed by atoms with Crippen molar-refractivity contribution in [2.75, 3.05) is 6.61 Å². The molecule has 0 amide bonds. The van der Waals surface area contributed by atoms with Crippen molar-refractivity contribution in [2.45, 2.75) is 58.8 Å². The SMILES string of the molecule is CCCCCCCOc1ccc(-c2ccc(-c3ccc(CCC)cc3)c(F)c2F)cc1. The smallest absolute Gasteiger partial charge is 0.167 e. The van der Waals surface area contributed by atoms with Crippen molar-refractivity contribution in [1.82, 2.24) is 0 Å².